The van der Waals surface area contributed by atoms with Gasteiger partial charge in [0.05, 0.1) is 17.8 Å². The second kappa shape index (κ2) is 6.54. The number of ketones is 1. The van der Waals surface area contributed by atoms with Crippen LogP contribution in [0.1, 0.15) is 16.1 Å². The van der Waals surface area contributed by atoms with Crippen LogP contribution in [0.15, 0.2) is 45.5 Å². The Morgan fingerprint density at radius 2 is 2.21 bits per heavy atom. The molecule has 0 fully saturated rings. The van der Waals surface area contributed by atoms with Crippen LogP contribution in [0, 0.1) is 0 Å². The van der Waals surface area contributed by atoms with Crippen molar-refractivity contribution in [2.24, 2.45) is 0 Å². The highest BCUT2D eigenvalue weighted by molar-refractivity contribution is 9.10. The molecule has 4 nitrogen and oxygen atoms in total. The van der Waals surface area contributed by atoms with E-state index in [9.17, 15) is 4.79 Å². The Kier molecular flexibility index (Phi) is 4.76. The lowest BCUT2D eigenvalue weighted by molar-refractivity contribution is 0.0691. The van der Waals surface area contributed by atoms with E-state index in [2.05, 4.69) is 15.9 Å². The summed E-state index contributed by atoms with van der Waals surface area (Å²) < 4.78 is 16.3. The molecule has 0 amide bonds. The zero-order valence-corrected chi connectivity index (χ0v) is 12.0. The summed E-state index contributed by atoms with van der Waals surface area (Å²) in [7, 11) is 1.58. The number of halogens is 1. The molecule has 0 saturated carbocycles. The fraction of sp³-hybridized carbons (Fsp3) is 0.214. The summed E-state index contributed by atoms with van der Waals surface area (Å²) in [4.78, 5) is 11.9. The zero-order chi connectivity index (χ0) is 13.7. The van der Waals surface area contributed by atoms with Crippen molar-refractivity contribution in [2.45, 2.75) is 6.61 Å². The van der Waals surface area contributed by atoms with Gasteiger partial charge < -0.3 is 13.9 Å². The summed E-state index contributed by atoms with van der Waals surface area (Å²) in [6.45, 7) is 0.301. The van der Waals surface area contributed by atoms with Crippen LogP contribution in [0.4, 0.5) is 0 Å². The van der Waals surface area contributed by atoms with Crippen molar-refractivity contribution in [1.82, 2.24) is 0 Å². The Hall–Kier alpha value is -1.59. The van der Waals surface area contributed by atoms with Gasteiger partial charge in [0.1, 0.15) is 24.7 Å². The smallest absolute Gasteiger partial charge is 0.188 e. The van der Waals surface area contributed by atoms with Gasteiger partial charge >= 0.3 is 0 Å². The first-order valence-corrected chi connectivity index (χ1v) is 6.47. The molecule has 19 heavy (non-hydrogen) atoms. The van der Waals surface area contributed by atoms with Gasteiger partial charge in [-0.3, -0.25) is 4.79 Å². The van der Waals surface area contributed by atoms with Crippen LogP contribution in [-0.2, 0) is 11.3 Å². The van der Waals surface area contributed by atoms with E-state index in [-0.39, 0.29) is 19.0 Å². The number of rotatable bonds is 6. The number of benzene rings is 1. The van der Waals surface area contributed by atoms with Crippen LogP contribution in [0.3, 0.4) is 0 Å². The number of Topliss-reactive ketones (excluding diaryl/α,β-unsaturated/α-hetero) is 1. The lowest BCUT2D eigenvalue weighted by Gasteiger charge is -2.06. The Morgan fingerprint density at radius 1 is 1.37 bits per heavy atom. The molecule has 2 aromatic rings. The molecule has 1 heterocycles. The average molecular weight is 325 g/mol. The predicted molar refractivity (Wildman–Crippen MR) is 73.4 cm³/mol. The molecule has 0 bridgehead atoms. The average Bonchev–Trinajstić information content (AvgIpc) is 2.91. The molecule has 1 aromatic heterocycles. The largest absolute Gasteiger partial charge is 0.496 e. The van der Waals surface area contributed by atoms with E-state index in [1.165, 1.54) is 0 Å². The van der Waals surface area contributed by atoms with Crippen molar-refractivity contribution in [3.8, 4) is 5.75 Å². The molecule has 5 heteroatoms. The van der Waals surface area contributed by atoms with Crippen molar-refractivity contribution in [3.05, 3.63) is 52.4 Å². The van der Waals surface area contributed by atoms with Crippen LogP contribution in [0.2, 0.25) is 0 Å². The lowest BCUT2D eigenvalue weighted by Crippen LogP contribution is -2.09. The fourth-order valence-corrected chi connectivity index (χ4v) is 2.10. The summed E-state index contributed by atoms with van der Waals surface area (Å²) in [5.74, 6) is 1.30. The number of carbonyl (C=O) groups excluding carboxylic acids is 1. The van der Waals surface area contributed by atoms with Gasteiger partial charge in [-0.1, -0.05) is 0 Å². The number of hydrogen-bond donors (Lipinski definition) is 0. The van der Waals surface area contributed by atoms with Crippen molar-refractivity contribution < 1.29 is 18.7 Å². The first-order valence-electron chi connectivity index (χ1n) is 5.67. The zero-order valence-electron chi connectivity index (χ0n) is 10.4. The van der Waals surface area contributed by atoms with E-state index < -0.39 is 0 Å². The van der Waals surface area contributed by atoms with Gasteiger partial charge in [-0.2, -0.15) is 0 Å². The third kappa shape index (κ3) is 3.68. The molecule has 0 spiro atoms. The summed E-state index contributed by atoms with van der Waals surface area (Å²) in [5, 5.41) is 0. The molecule has 0 aliphatic rings. The molecule has 0 saturated heterocycles. The van der Waals surface area contributed by atoms with E-state index in [1.807, 2.05) is 0 Å². The SMILES string of the molecule is COc1ccc(C(=O)COCc2ccco2)cc1Br. The van der Waals surface area contributed by atoms with Gasteiger partial charge in [-0.25, -0.2) is 0 Å². The standard InChI is InChI=1S/C14H13BrO4/c1-17-14-5-4-10(7-12(14)15)13(16)9-18-8-11-3-2-6-19-11/h2-7H,8-9H2,1H3. The number of furan rings is 1. The van der Waals surface area contributed by atoms with Gasteiger partial charge in [0.25, 0.3) is 0 Å². The summed E-state index contributed by atoms with van der Waals surface area (Å²) in [5.41, 5.74) is 0.576. The van der Waals surface area contributed by atoms with Gasteiger partial charge in [0.15, 0.2) is 5.78 Å². The fourth-order valence-electron chi connectivity index (χ4n) is 1.56. The first kappa shape index (κ1) is 13.8. The minimum Gasteiger partial charge on any atom is -0.496 e. The molecule has 0 N–H and O–H groups in total. The Morgan fingerprint density at radius 3 is 2.84 bits per heavy atom. The Balaban J connectivity index is 1.91. The second-order valence-corrected chi connectivity index (χ2v) is 4.70. The molecule has 0 atom stereocenters. The monoisotopic (exact) mass is 324 g/mol. The summed E-state index contributed by atoms with van der Waals surface area (Å²) in [6.07, 6.45) is 1.57. The van der Waals surface area contributed by atoms with E-state index in [1.54, 1.807) is 43.7 Å². The number of methoxy groups -OCH3 is 1. The van der Waals surface area contributed by atoms with Crippen LogP contribution in [0.25, 0.3) is 0 Å². The van der Waals surface area contributed by atoms with Crippen molar-refractivity contribution in [1.29, 1.82) is 0 Å². The number of carbonyl (C=O) groups is 1. The van der Waals surface area contributed by atoms with Crippen LogP contribution in [-0.4, -0.2) is 19.5 Å². The maximum Gasteiger partial charge on any atom is 0.188 e. The van der Waals surface area contributed by atoms with Gasteiger partial charge in [0, 0.05) is 5.56 Å². The van der Waals surface area contributed by atoms with E-state index in [4.69, 9.17) is 13.9 Å². The lowest BCUT2D eigenvalue weighted by atomic mass is 10.1. The third-order valence-corrected chi connectivity index (χ3v) is 3.15. The van der Waals surface area contributed by atoms with Crippen LogP contribution in [0.5, 0.6) is 5.75 Å². The maximum atomic E-state index is 11.9. The van der Waals surface area contributed by atoms with Crippen LogP contribution < -0.4 is 4.74 Å². The highest BCUT2D eigenvalue weighted by atomic mass is 79.9. The summed E-state index contributed by atoms with van der Waals surface area (Å²) in [6, 6.07) is 8.75. The summed E-state index contributed by atoms with van der Waals surface area (Å²) >= 11 is 3.34. The molecular formula is C14H13BrO4. The van der Waals surface area contributed by atoms with E-state index in [0.29, 0.717) is 17.1 Å². The van der Waals surface area contributed by atoms with Gasteiger partial charge in [-0.05, 0) is 46.3 Å². The van der Waals surface area contributed by atoms with Crippen molar-refractivity contribution in [2.75, 3.05) is 13.7 Å². The number of ether oxygens (including phenoxy) is 2. The van der Waals surface area contributed by atoms with Gasteiger partial charge in [0.2, 0.25) is 0 Å². The first-order chi connectivity index (χ1) is 9.20. The predicted octanol–water partition coefficient (Wildman–Crippen LogP) is 3.45. The normalized spacial score (nSPS) is 10.4. The van der Waals surface area contributed by atoms with E-state index >= 15 is 0 Å². The molecule has 2 rings (SSSR count). The molecule has 0 unspecified atom stereocenters. The molecule has 100 valence electrons. The van der Waals surface area contributed by atoms with Gasteiger partial charge in [-0.15, -0.1) is 0 Å². The minimum absolute atomic E-state index is 0.0134. The van der Waals surface area contributed by atoms with Crippen LogP contribution >= 0.6 is 15.9 Å². The molecule has 0 aliphatic carbocycles. The maximum absolute atomic E-state index is 11.9. The van der Waals surface area contributed by atoms with Crippen molar-refractivity contribution in [3.63, 3.8) is 0 Å². The Labute approximate surface area is 119 Å². The molecular weight excluding hydrogens is 312 g/mol. The van der Waals surface area contributed by atoms with Crippen molar-refractivity contribution >= 4 is 21.7 Å². The molecule has 0 aliphatic heterocycles. The third-order valence-electron chi connectivity index (χ3n) is 2.53. The highest BCUT2D eigenvalue weighted by Gasteiger charge is 2.09. The molecule has 0 radical (unpaired) electrons. The Bertz CT molecular complexity index is 549. The minimum atomic E-state index is -0.0880. The topological polar surface area (TPSA) is 48.7 Å². The number of hydrogen-bond acceptors (Lipinski definition) is 4. The van der Waals surface area contributed by atoms with E-state index in [0.717, 1.165) is 4.47 Å². The quantitative estimate of drug-likeness (QED) is 0.763. The molecule has 1 aromatic carbocycles. The second-order valence-electron chi connectivity index (χ2n) is 3.84. The highest BCUT2D eigenvalue weighted by Crippen LogP contribution is 2.25.